The van der Waals surface area contributed by atoms with E-state index in [1.54, 1.807) is 0 Å². The molecule has 2 aromatic carbocycles. The summed E-state index contributed by atoms with van der Waals surface area (Å²) in [6.45, 7) is 0.798. The van der Waals surface area contributed by atoms with Crippen molar-refractivity contribution in [2.75, 3.05) is 11.5 Å². The summed E-state index contributed by atoms with van der Waals surface area (Å²) in [4.78, 5) is 34.9. The van der Waals surface area contributed by atoms with Crippen molar-refractivity contribution in [3.05, 3.63) is 70.6 Å². The Kier molecular flexibility index (Phi) is 6.73. The molecular formula is C22H16F3NO6S. The number of carboxylic acids is 2. The van der Waals surface area contributed by atoms with Gasteiger partial charge in [-0.1, -0.05) is 30.3 Å². The largest absolute Gasteiger partial charge is 0.491 e. The van der Waals surface area contributed by atoms with Crippen LogP contribution in [0.15, 0.2) is 54.6 Å². The molecule has 172 valence electrons. The van der Waals surface area contributed by atoms with Crippen molar-refractivity contribution in [3.63, 3.8) is 0 Å². The van der Waals surface area contributed by atoms with Crippen molar-refractivity contribution in [3.8, 4) is 16.2 Å². The number of carboxylic acid groups (broad SMARTS) is 2. The molecule has 1 aromatic heterocycles. The van der Waals surface area contributed by atoms with Crippen LogP contribution in [0.4, 0.5) is 18.9 Å². The van der Waals surface area contributed by atoms with E-state index in [-0.39, 0.29) is 26.8 Å². The molecule has 0 unspecified atom stereocenters. The smallest absolute Gasteiger partial charge is 0.480 e. The van der Waals surface area contributed by atoms with Gasteiger partial charge in [-0.05, 0) is 36.8 Å². The van der Waals surface area contributed by atoms with E-state index in [9.17, 15) is 32.7 Å². The van der Waals surface area contributed by atoms with Gasteiger partial charge in [-0.25, -0.2) is 14.5 Å². The van der Waals surface area contributed by atoms with Crippen molar-refractivity contribution in [2.45, 2.75) is 13.2 Å². The molecule has 2 N–H and O–H groups in total. The van der Waals surface area contributed by atoms with Crippen LogP contribution in [0.3, 0.4) is 0 Å². The summed E-state index contributed by atoms with van der Waals surface area (Å²) in [5.41, 5.74) is 0.230. The number of alkyl halides is 3. The maximum Gasteiger partial charge on any atom is 0.491 e. The van der Waals surface area contributed by atoms with Gasteiger partial charge in [-0.2, -0.15) is 0 Å². The third-order valence-electron chi connectivity index (χ3n) is 4.49. The molecule has 0 aliphatic heterocycles. The molecule has 33 heavy (non-hydrogen) atoms. The van der Waals surface area contributed by atoms with Crippen molar-refractivity contribution in [1.82, 2.24) is 0 Å². The molecule has 0 aliphatic rings. The number of carbonyl (C=O) groups excluding carboxylic acids is 1. The Morgan fingerprint density at radius 2 is 1.61 bits per heavy atom. The van der Waals surface area contributed by atoms with Gasteiger partial charge in [0, 0.05) is 16.0 Å². The number of rotatable bonds is 7. The number of thiophene rings is 1. The number of carbonyl (C=O) groups is 3. The van der Waals surface area contributed by atoms with Crippen LogP contribution in [-0.4, -0.2) is 41.0 Å². The number of amides is 1. The molecule has 0 atom stereocenters. The monoisotopic (exact) mass is 479 g/mol. The highest BCUT2D eigenvalue weighted by molar-refractivity contribution is 7.18. The summed E-state index contributed by atoms with van der Waals surface area (Å²) in [6, 6.07) is 11.8. The number of halogens is 3. The maximum atomic E-state index is 13.6. The van der Waals surface area contributed by atoms with Gasteiger partial charge in [0.1, 0.15) is 5.75 Å². The Hall–Kier alpha value is -3.86. The average molecular weight is 479 g/mol. The molecule has 11 heteroatoms. The molecule has 3 aromatic rings. The molecule has 0 spiro atoms. The number of ether oxygens (including phenoxy) is 1. The molecule has 3 rings (SSSR count). The number of hydrogen-bond acceptors (Lipinski definition) is 5. The fraction of sp³-hybridized carbons (Fsp3) is 0.136. The van der Waals surface area contributed by atoms with E-state index in [0.717, 1.165) is 11.3 Å². The fourth-order valence-corrected chi connectivity index (χ4v) is 4.17. The summed E-state index contributed by atoms with van der Waals surface area (Å²) in [5.74, 6) is -3.98. The minimum absolute atomic E-state index is 0.0997. The first-order chi connectivity index (χ1) is 15.5. The van der Waals surface area contributed by atoms with E-state index in [1.165, 1.54) is 61.5 Å². The summed E-state index contributed by atoms with van der Waals surface area (Å²) in [5, 5.41) is 18.2. The third-order valence-corrected chi connectivity index (χ3v) is 5.80. The van der Waals surface area contributed by atoms with Crippen molar-refractivity contribution in [2.24, 2.45) is 0 Å². The summed E-state index contributed by atoms with van der Waals surface area (Å²) in [6.07, 6.45) is -4.95. The van der Waals surface area contributed by atoms with Crippen molar-refractivity contribution in [1.29, 1.82) is 0 Å². The van der Waals surface area contributed by atoms with E-state index in [4.69, 9.17) is 9.84 Å². The normalized spacial score (nSPS) is 11.2. The summed E-state index contributed by atoms with van der Waals surface area (Å²) in [7, 11) is 0. The standard InChI is InChI=1S/C22H16F3NO6S/c1-12-17(32-11-16(27)28)19(21(30)31)33-18(12)13-7-9-14(10-8-13)20(29)26(22(23,24)25)15-5-3-2-4-6-15/h2-10H,11H2,1H3,(H,27,28)(H,30,31). The Bertz CT molecular complexity index is 1190. The van der Waals surface area contributed by atoms with E-state index in [2.05, 4.69) is 0 Å². The van der Waals surface area contributed by atoms with Crippen molar-refractivity contribution < 1.29 is 42.5 Å². The van der Waals surface area contributed by atoms with Crippen LogP contribution >= 0.6 is 11.3 Å². The molecular weight excluding hydrogens is 463 g/mol. The van der Waals surface area contributed by atoms with Crippen LogP contribution in [0.25, 0.3) is 10.4 Å². The summed E-state index contributed by atoms with van der Waals surface area (Å²) >= 11 is 0.828. The lowest BCUT2D eigenvalue weighted by Gasteiger charge is -2.25. The quantitative estimate of drug-likeness (QED) is 0.460. The molecule has 0 aliphatic carbocycles. The molecule has 0 saturated heterocycles. The highest BCUT2D eigenvalue weighted by Crippen LogP contribution is 2.41. The molecule has 0 fully saturated rings. The van der Waals surface area contributed by atoms with E-state index in [1.807, 2.05) is 0 Å². The highest BCUT2D eigenvalue weighted by Gasteiger charge is 2.42. The van der Waals surface area contributed by atoms with Gasteiger partial charge in [-0.3, -0.25) is 4.79 Å². The Balaban J connectivity index is 1.96. The number of anilines is 1. The van der Waals surface area contributed by atoms with E-state index >= 15 is 0 Å². The number of benzene rings is 2. The van der Waals surface area contributed by atoms with Gasteiger partial charge in [0.05, 0.1) is 5.69 Å². The zero-order valence-corrected chi connectivity index (χ0v) is 17.7. The van der Waals surface area contributed by atoms with Gasteiger partial charge in [0.15, 0.2) is 11.5 Å². The highest BCUT2D eigenvalue weighted by atomic mass is 32.1. The van der Waals surface area contributed by atoms with E-state index in [0.29, 0.717) is 16.0 Å². The lowest BCUT2D eigenvalue weighted by atomic mass is 10.1. The van der Waals surface area contributed by atoms with Gasteiger partial charge < -0.3 is 14.9 Å². The maximum absolute atomic E-state index is 13.6. The minimum Gasteiger partial charge on any atom is -0.480 e. The summed E-state index contributed by atoms with van der Waals surface area (Å²) < 4.78 is 45.9. The van der Waals surface area contributed by atoms with Crippen LogP contribution in [0, 0.1) is 6.92 Å². The number of aliphatic carboxylic acids is 1. The van der Waals surface area contributed by atoms with Gasteiger partial charge in [0.2, 0.25) is 0 Å². The van der Waals surface area contributed by atoms with Crippen LogP contribution in [-0.2, 0) is 4.79 Å². The molecule has 1 amide bonds. The first kappa shape index (κ1) is 23.8. The zero-order chi connectivity index (χ0) is 24.3. The lowest BCUT2D eigenvalue weighted by Crippen LogP contribution is -2.43. The van der Waals surface area contributed by atoms with Crippen molar-refractivity contribution >= 4 is 34.9 Å². The number of para-hydroxylation sites is 1. The third kappa shape index (κ3) is 5.14. The fourth-order valence-electron chi connectivity index (χ4n) is 3.07. The molecule has 0 radical (unpaired) electrons. The van der Waals surface area contributed by atoms with Gasteiger partial charge in [0.25, 0.3) is 5.91 Å². The van der Waals surface area contributed by atoms with Crippen LogP contribution in [0.2, 0.25) is 0 Å². The number of hydrogen-bond donors (Lipinski definition) is 2. The molecule has 1 heterocycles. The minimum atomic E-state index is -4.95. The zero-order valence-electron chi connectivity index (χ0n) is 16.9. The average Bonchev–Trinajstić information content (AvgIpc) is 3.08. The van der Waals surface area contributed by atoms with Crippen LogP contribution in [0.5, 0.6) is 5.75 Å². The predicted molar refractivity (Wildman–Crippen MR) is 114 cm³/mol. The van der Waals surface area contributed by atoms with Gasteiger partial charge >= 0.3 is 18.2 Å². The second-order valence-corrected chi connectivity index (χ2v) is 7.74. The second-order valence-electron chi connectivity index (χ2n) is 6.72. The first-order valence-electron chi connectivity index (χ1n) is 9.28. The topological polar surface area (TPSA) is 104 Å². The second kappa shape index (κ2) is 9.33. The first-order valence-corrected chi connectivity index (χ1v) is 10.1. The Morgan fingerprint density at radius 1 is 1.00 bits per heavy atom. The van der Waals surface area contributed by atoms with E-state index < -0.39 is 30.8 Å². The van der Waals surface area contributed by atoms with Crippen LogP contribution < -0.4 is 9.64 Å². The molecule has 0 saturated carbocycles. The van der Waals surface area contributed by atoms with Crippen LogP contribution in [0.1, 0.15) is 25.6 Å². The Morgan fingerprint density at radius 3 is 2.12 bits per heavy atom. The SMILES string of the molecule is Cc1c(-c2ccc(C(=O)N(c3ccccc3)C(F)(F)F)cc2)sc(C(=O)O)c1OCC(=O)O. The number of aromatic carboxylic acids is 1. The molecule has 0 bridgehead atoms. The lowest BCUT2D eigenvalue weighted by molar-refractivity contribution is -0.139. The number of nitrogens with zero attached hydrogens (tertiary/aromatic N) is 1. The Labute approximate surface area is 189 Å². The molecule has 7 nitrogen and oxygen atoms in total. The predicted octanol–water partition coefficient (Wildman–Crippen LogP) is 5.05. The van der Waals surface area contributed by atoms with Gasteiger partial charge in [-0.15, -0.1) is 24.5 Å².